The zero-order valence-corrected chi connectivity index (χ0v) is 8.68. The molecule has 13 heavy (non-hydrogen) atoms. The van der Waals surface area contributed by atoms with Gasteiger partial charge in [-0.2, -0.15) is 0 Å². The molecule has 0 aromatic carbocycles. The largest absolute Gasteiger partial charge is 0.0985 e. The molecule has 0 aromatic heterocycles. The molecule has 0 amide bonds. The zero-order valence-electron chi connectivity index (χ0n) is 8.68. The van der Waals surface area contributed by atoms with Crippen LogP contribution in [0.1, 0.15) is 45.4 Å². The number of hydrogen-bond donors (Lipinski definition) is 0. The lowest BCUT2D eigenvalue weighted by molar-refractivity contribution is 0.707. The molecule has 0 N–H and O–H groups in total. The Bertz CT molecular complexity index is 218. The van der Waals surface area contributed by atoms with Crippen molar-refractivity contribution in [2.75, 3.05) is 0 Å². The summed E-state index contributed by atoms with van der Waals surface area (Å²) in [5, 5.41) is 0. The van der Waals surface area contributed by atoms with Crippen LogP contribution in [0, 0.1) is 0 Å². The van der Waals surface area contributed by atoms with Crippen molar-refractivity contribution >= 4 is 0 Å². The van der Waals surface area contributed by atoms with Crippen LogP contribution in [0.15, 0.2) is 36.0 Å². The second-order valence-electron chi connectivity index (χ2n) is 3.63. The standard InChI is InChI=1S/C13H20/c1-3-5-9-12(4-2)13-10-7-6-8-11-13/h4,9-10H,2-3,5-8,11H2,1H3. The van der Waals surface area contributed by atoms with Crippen LogP contribution in [0.2, 0.25) is 0 Å². The molecule has 0 saturated heterocycles. The van der Waals surface area contributed by atoms with Gasteiger partial charge in [0.1, 0.15) is 0 Å². The molecule has 0 saturated carbocycles. The van der Waals surface area contributed by atoms with Crippen LogP contribution >= 0.6 is 0 Å². The zero-order chi connectivity index (χ0) is 9.52. The highest BCUT2D eigenvalue weighted by atomic mass is 14.1. The van der Waals surface area contributed by atoms with Crippen LogP contribution in [-0.2, 0) is 0 Å². The molecular weight excluding hydrogens is 156 g/mol. The average Bonchev–Trinajstić information content (AvgIpc) is 2.21. The maximum atomic E-state index is 3.88. The first-order chi connectivity index (χ1) is 6.38. The van der Waals surface area contributed by atoms with Crippen LogP contribution < -0.4 is 0 Å². The van der Waals surface area contributed by atoms with Gasteiger partial charge < -0.3 is 0 Å². The van der Waals surface area contributed by atoms with Gasteiger partial charge in [-0.25, -0.2) is 0 Å². The van der Waals surface area contributed by atoms with E-state index >= 15 is 0 Å². The molecule has 0 heteroatoms. The van der Waals surface area contributed by atoms with Crippen molar-refractivity contribution < 1.29 is 0 Å². The monoisotopic (exact) mass is 176 g/mol. The third-order valence-electron chi connectivity index (χ3n) is 2.53. The van der Waals surface area contributed by atoms with E-state index in [0.717, 1.165) is 0 Å². The van der Waals surface area contributed by atoms with E-state index < -0.39 is 0 Å². The molecule has 0 fully saturated rings. The molecule has 1 rings (SSSR count). The molecule has 0 aromatic rings. The Morgan fingerprint density at radius 2 is 2.38 bits per heavy atom. The molecule has 1 aliphatic carbocycles. The van der Waals surface area contributed by atoms with Gasteiger partial charge in [-0.05, 0) is 43.3 Å². The summed E-state index contributed by atoms with van der Waals surface area (Å²) in [4.78, 5) is 0. The lowest BCUT2D eigenvalue weighted by Gasteiger charge is -2.13. The fourth-order valence-electron chi connectivity index (χ4n) is 1.75. The summed E-state index contributed by atoms with van der Waals surface area (Å²) >= 11 is 0. The summed E-state index contributed by atoms with van der Waals surface area (Å²) in [5.41, 5.74) is 2.90. The second-order valence-corrected chi connectivity index (χ2v) is 3.63. The van der Waals surface area contributed by atoms with Gasteiger partial charge in [-0.15, -0.1) is 0 Å². The van der Waals surface area contributed by atoms with E-state index in [1.54, 1.807) is 0 Å². The summed E-state index contributed by atoms with van der Waals surface area (Å²) in [6.07, 6.45) is 14.3. The van der Waals surface area contributed by atoms with Crippen LogP contribution in [-0.4, -0.2) is 0 Å². The number of allylic oxidation sites excluding steroid dienone is 5. The maximum absolute atomic E-state index is 3.88. The topological polar surface area (TPSA) is 0 Å². The van der Waals surface area contributed by atoms with Gasteiger partial charge in [0, 0.05) is 0 Å². The molecule has 1 aliphatic rings. The minimum absolute atomic E-state index is 1.18. The summed E-state index contributed by atoms with van der Waals surface area (Å²) in [5.74, 6) is 0. The SMILES string of the molecule is C=CC(=CCCC)C1=CCCCC1. The van der Waals surface area contributed by atoms with Crippen LogP contribution in [0.3, 0.4) is 0 Å². The second kappa shape index (κ2) is 5.80. The van der Waals surface area contributed by atoms with E-state index in [4.69, 9.17) is 0 Å². The highest BCUT2D eigenvalue weighted by Crippen LogP contribution is 2.24. The maximum Gasteiger partial charge on any atom is -0.0274 e. The van der Waals surface area contributed by atoms with Crippen molar-refractivity contribution in [2.24, 2.45) is 0 Å². The lowest BCUT2D eigenvalue weighted by atomic mass is 9.93. The van der Waals surface area contributed by atoms with Crippen molar-refractivity contribution in [3.05, 3.63) is 36.0 Å². The molecular formula is C13H20. The third kappa shape index (κ3) is 3.22. The van der Waals surface area contributed by atoms with Gasteiger partial charge in [0.15, 0.2) is 0 Å². The number of unbranched alkanes of at least 4 members (excludes halogenated alkanes) is 1. The molecule has 0 unspecified atom stereocenters. The molecule has 0 aliphatic heterocycles. The van der Waals surface area contributed by atoms with E-state index in [0.29, 0.717) is 0 Å². The summed E-state index contributed by atoms with van der Waals surface area (Å²) in [6, 6.07) is 0. The number of rotatable bonds is 4. The predicted octanol–water partition coefficient (Wildman–Crippen LogP) is 4.40. The molecule has 0 radical (unpaired) electrons. The normalized spacial score (nSPS) is 18.2. The average molecular weight is 176 g/mol. The van der Waals surface area contributed by atoms with Gasteiger partial charge in [-0.3, -0.25) is 0 Å². The highest BCUT2D eigenvalue weighted by molar-refractivity contribution is 5.39. The Labute approximate surface area is 82.0 Å². The van der Waals surface area contributed by atoms with E-state index in [-0.39, 0.29) is 0 Å². The van der Waals surface area contributed by atoms with E-state index in [2.05, 4.69) is 25.7 Å². The Morgan fingerprint density at radius 1 is 1.54 bits per heavy atom. The molecule has 0 bridgehead atoms. The van der Waals surface area contributed by atoms with Crippen molar-refractivity contribution in [1.82, 2.24) is 0 Å². The number of hydrogen-bond acceptors (Lipinski definition) is 0. The van der Waals surface area contributed by atoms with Crippen molar-refractivity contribution in [3.8, 4) is 0 Å². The quantitative estimate of drug-likeness (QED) is 0.557. The minimum Gasteiger partial charge on any atom is -0.0985 e. The van der Waals surface area contributed by atoms with E-state index in [1.807, 2.05) is 6.08 Å². The van der Waals surface area contributed by atoms with Crippen molar-refractivity contribution in [1.29, 1.82) is 0 Å². The fraction of sp³-hybridized carbons (Fsp3) is 0.538. The summed E-state index contributed by atoms with van der Waals surface area (Å²) < 4.78 is 0. The van der Waals surface area contributed by atoms with E-state index in [1.165, 1.54) is 49.7 Å². The predicted molar refractivity (Wildman–Crippen MR) is 59.7 cm³/mol. The Hall–Kier alpha value is -0.780. The van der Waals surface area contributed by atoms with Crippen LogP contribution in [0.4, 0.5) is 0 Å². The first-order valence-electron chi connectivity index (χ1n) is 5.40. The molecule has 0 heterocycles. The highest BCUT2D eigenvalue weighted by Gasteiger charge is 2.05. The third-order valence-corrected chi connectivity index (χ3v) is 2.53. The first kappa shape index (κ1) is 10.3. The Balaban J connectivity index is 2.64. The Kier molecular flexibility index (Phi) is 4.59. The summed E-state index contributed by atoms with van der Waals surface area (Å²) in [6.45, 7) is 6.09. The molecule has 0 nitrogen and oxygen atoms in total. The fourth-order valence-corrected chi connectivity index (χ4v) is 1.75. The van der Waals surface area contributed by atoms with Crippen molar-refractivity contribution in [3.63, 3.8) is 0 Å². The smallest absolute Gasteiger partial charge is 0.0274 e. The van der Waals surface area contributed by atoms with Crippen molar-refractivity contribution in [2.45, 2.75) is 45.4 Å². The molecule has 0 atom stereocenters. The first-order valence-corrected chi connectivity index (χ1v) is 5.40. The lowest BCUT2D eigenvalue weighted by Crippen LogP contribution is -1.93. The van der Waals surface area contributed by atoms with E-state index in [9.17, 15) is 0 Å². The van der Waals surface area contributed by atoms with Gasteiger partial charge in [0.05, 0.1) is 0 Å². The molecule has 72 valence electrons. The van der Waals surface area contributed by atoms with Crippen LogP contribution in [0.5, 0.6) is 0 Å². The van der Waals surface area contributed by atoms with Gasteiger partial charge in [-0.1, -0.05) is 38.2 Å². The molecule has 0 spiro atoms. The Morgan fingerprint density at radius 3 is 2.92 bits per heavy atom. The van der Waals surface area contributed by atoms with Gasteiger partial charge in [0.25, 0.3) is 0 Å². The minimum atomic E-state index is 1.18. The van der Waals surface area contributed by atoms with Crippen LogP contribution in [0.25, 0.3) is 0 Å². The summed E-state index contributed by atoms with van der Waals surface area (Å²) in [7, 11) is 0. The van der Waals surface area contributed by atoms with Gasteiger partial charge in [0.2, 0.25) is 0 Å². The van der Waals surface area contributed by atoms with Gasteiger partial charge >= 0.3 is 0 Å².